The summed E-state index contributed by atoms with van der Waals surface area (Å²) in [5, 5.41) is -0.0463. The second kappa shape index (κ2) is 2.24. The molecule has 0 N–H and O–H groups in total. The van der Waals surface area contributed by atoms with Crippen molar-refractivity contribution in [2.24, 2.45) is 5.92 Å². The van der Waals surface area contributed by atoms with E-state index in [0.717, 1.165) is 0 Å². The Balaban J connectivity index is 3.26. The molecule has 0 amide bonds. The quantitative estimate of drug-likeness (QED) is 0.493. The molecule has 0 saturated heterocycles. The second-order valence-electron chi connectivity index (χ2n) is 1.49. The molecule has 0 aliphatic carbocycles. The highest BCUT2D eigenvalue weighted by Crippen LogP contribution is 1.94. The van der Waals surface area contributed by atoms with Crippen molar-refractivity contribution in [1.82, 2.24) is 0 Å². The summed E-state index contributed by atoms with van der Waals surface area (Å²) in [6.07, 6.45) is 0. The molecule has 0 aromatic heterocycles. The molecule has 0 aromatic carbocycles. The van der Waals surface area contributed by atoms with Crippen LogP contribution in [0.25, 0.3) is 0 Å². The van der Waals surface area contributed by atoms with E-state index < -0.39 is 0 Å². The van der Waals surface area contributed by atoms with Gasteiger partial charge in [-0.2, -0.15) is 0 Å². The van der Waals surface area contributed by atoms with Crippen LogP contribution in [0.3, 0.4) is 0 Å². The van der Waals surface area contributed by atoms with Crippen molar-refractivity contribution >= 4 is 17.7 Å². The van der Waals surface area contributed by atoms with E-state index in [1.54, 1.807) is 0 Å². The Hall–Kier alpha value is 0.0200. The summed E-state index contributed by atoms with van der Waals surface area (Å²) in [5.74, 6) is 0.0772. The molecule has 0 bridgehead atoms. The first-order chi connectivity index (χ1) is 2.64. The van der Waals surface area contributed by atoms with E-state index in [1.807, 2.05) is 13.8 Å². The van der Waals surface area contributed by atoms with E-state index in [9.17, 15) is 4.79 Å². The molecule has 36 valence electrons. The van der Waals surface area contributed by atoms with Gasteiger partial charge in [0.2, 0.25) is 0 Å². The van der Waals surface area contributed by atoms with Gasteiger partial charge in [0.1, 0.15) is 0 Å². The molecule has 0 fully saturated rings. The highest BCUT2D eigenvalue weighted by atomic mass is 32.1. The summed E-state index contributed by atoms with van der Waals surface area (Å²) in [7, 11) is 0. The van der Waals surface area contributed by atoms with Gasteiger partial charge < -0.3 is 0 Å². The fourth-order valence-electron chi connectivity index (χ4n) is 0. The first kappa shape index (κ1) is 6.02. The van der Waals surface area contributed by atoms with E-state index in [-0.39, 0.29) is 11.0 Å². The standard InChI is InChI=1S/C4H8OS/c1-3(2)4(5)6/h3H,1-2H3,(H,5,6). The van der Waals surface area contributed by atoms with E-state index >= 15 is 0 Å². The summed E-state index contributed by atoms with van der Waals surface area (Å²) in [6, 6.07) is 0. The topological polar surface area (TPSA) is 17.1 Å². The molecular formula is C4H8OS. The number of carbonyl (C=O) groups excluding carboxylic acids is 1. The molecule has 0 spiro atoms. The Morgan fingerprint density at radius 2 is 1.83 bits per heavy atom. The van der Waals surface area contributed by atoms with Gasteiger partial charge in [0.25, 0.3) is 0 Å². The molecule has 0 rings (SSSR count). The van der Waals surface area contributed by atoms with E-state index in [1.165, 1.54) is 0 Å². The Kier molecular flexibility index (Phi) is 2.25. The number of thiol groups is 1. The van der Waals surface area contributed by atoms with Gasteiger partial charge in [0.05, 0.1) is 0 Å². The Morgan fingerprint density at radius 1 is 1.67 bits per heavy atom. The number of hydrogen-bond acceptors (Lipinski definition) is 1. The fourth-order valence-corrected chi connectivity index (χ4v) is 0. The molecule has 0 heterocycles. The fraction of sp³-hybridized carbons (Fsp3) is 0.750. The van der Waals surface area contributed by atoms with Gasteiger partial charge in [-0.1, -0.05) is 13.8 Å². The molecule has 0 aliphatic heterocycles. The van der Waals surface area contributed by atoms with Crippen LogP contribution < -0.4 is 0 Å². The van der Waals surface area contributed by atoms with Crippen molar-refractivity contribution in [3.63, 3.8) is 0 Å². The largest absolute Gasteiger partial charge is 0.287 e. The van der Waals surface area contributed by atoms with Crippen molar-refractivity contribution in [2.45, 2.75) is 13.8 Å². The molecule has 0 aromatic rings. The van der Waals surface area contributed by atoms with Crippen molar-refractivity contribution in [3.8, 4) is 0 Å². The smallest absolute Gasteiger partial charge is 0.188 e. The van der Waals surface area contributed by atoms with Crippen LogP contribution in [0.5, 0.6) is 0 Å². The monoisotopic (exact) mass is 104 g/mol. The molecule has 0 radical (unpaired) electrons. The van der Waals surface area contributed by atoms with Crippen molar-refractivity contribution < 1.29 is 4.79 Å². The van der Waals surface area contributed by atoms with Crippen LogP contribution in [-0.2, 0) is 4.79 Å². The molecule has 1 nitrogen and oxygen atoms in total. The SMILES string of the molecule is CC(C)C(=O)S. The third-order valence-corrected chi connectivity index (χ3v) is 1.01. The second-order valence-corrected chi connectivity index (χ2v) is 1.93. The Labute approximate surface area is 43.2 Å². The number of hydrogen-bond donors (Lipinski definition) is 1. The zero-order valence-corrected chi connectivity index (χ0v) is 4.83. The number of carbonyl (C=O) groups is 1. The van der Waals surface area contributed by atoms with Gasteiger partial charge in [0.15, 0.2) is 5.12 Å². The van der Waals surface area contributed by atoms with Crippen molar-refractivity contribution in [1.29, 1.82) is 0 Å². The maximum atomic E-state index is 10.0. The summed E-state index contributed by atoms with van der Waals surface area (Å²) < 4.78 is 0. The summed E-state index contributed by atoms with van der Waals surface area (Å²) in [5.41, 5.74) is 0. The van der Waals surface area contributed by atoms with Crippen LogP contribution in [0.1, 0.15) is 13.8 Å². The van der Waals surface area contributed by atoms with Gasteiger partial charge in [0, 0.05) is 5.92 Å². The van der Waals surface area contributed by atoms with E-state index in [2.05, 4.69) is 12.6 Å². The highest BCUT2D eigenvalue weighted by Gasteiger charge is 1.96. The lowest BCUT2D eigenvalue weighted by Gasteiger charge is -1.89. The molecular weight excluding hydrogens is 96.1 g/mol. The Bertz CT molecular complexity index is 58.6. The van der Waals surface area contributed by atoms with Gasteiger partial charge in [-0.25, -0.2) is 0 Å². The lowest BCUT2D eigenvalue weighted by Crippen LogP contribution is -1.95. The first-order valence-corrected chi connectivity index (χ1v) is 2.32. The van der Waals surface area contributed by atoms with Crippen LogP contribution in [0.4, 0.5) is 0 Å². The average molecular weight is 104 g/mol. The molecule has 2 heteroatoms. The maximum Gasteiger partial charge on any atom is 0.188 e. The predicted octanol–water partition coefficient (Wildman–Crippen LogP) is 1.10. The van der Waals surface area contributed by atoms with Crippen LogP contribution >= 0.6 is 12.6 Å². The van der Waals surface area contributed by atoms with Gasteiger partial charge in [-0.05, 0) is 0 Å². The molecule has 0 atom stereocenters. The van der Waals surface area contributed by atoms with Crippen LogP contribution in [0.2, 0.25) is 0 Å². The van der Waals surface area contributed by atoms with Crippen LogP contribution in [-0.4, -0.2) is 5.12 Å². The lowest BCUT2D eigenvalue weighted by atomic mass is 10.3. The normalized spacial score (nSPS) is 9.33. The Morgan fingerprint density at radius 3 is 1.83 bits per heavy atom. The summed E-state index contributed by atoms with van der Waals surface area (Å²) >= 11 is 3.55. The zero-order chi connectivity index (χ0) is 5.15. The highest BCUT2D eigenvalue weighted by molar-refractivity contribution is 7.96. The van der Waals surface area contributed by atoms with E-state index in [0.29, 0.717) is 0 Å². The van der Waals surface area contributed by atoms with Gasteiger partial charge in [-0.3, -0.25) is 4.79 Å². The average Bonchev–Trinajstić information content (AvgIpc) is 1.36. The minimum Gasteiger partial charge on any atom is -0.287 e. The zero-order valence-electron chi connectivity index (χ0n) is 3.93. The van der Waals surface area contributed by atoms with Gasteiger partial charge in [-0.15, -0.1) is 12.6 Å². The predicted molar refractivity (Wildman–Crippen MR) is 28.8 cm³/mol. The lowest BCUT2D eigenvalue weighted by molar-refractivity contribution is -0.113. The molecule has 0 aliphatic rings. The van der Waals surface area contributed by atoms with Crippen molar-refractivity contribution in [3.05, 3.63) is 0 Å². The number of rotatable bonds is 1. The van der Waals surface area contributed by atoms with Crippen LogP contribution in [0, 0.1) is 5.92 Å². The first-order valence-electron chi connectivity index (χ1n) is 1.87. The maximum absolute atomic E-state index is 10.0. The summed E-state index contributed by atoms with van der Waals surface area (Å²) in [4.78, 5) is 10.0. The van der Waals surface area contributed by atoms with Crippen molar-refractivity contribution in [2.75, 3.05) is 0 Å². The molecule has 0 unspecified atom stereocenters. The third-order valence-electron chi connectivity index (χ3n) is 0.494. The third kappa shape index (κ3) is 2.27. The minimum absolute atomic E-state index is 0.0463. The summed E-state index contributed by atoms with van der Waals surface area (Å²) in [6.45, 7) is 3.63. The molecule has 6 heavy (non-hydrogen) atoms. The van der Waals surface area contributed by atoms with Crippen LogP contribution in [0.15, 0.2) is 0 Å². The van der Waals surface area contributed by atoms with Gasteiger partial charge >= 0.3 is 0 Å². The minimum atomic E-state index is -0.0463. The van der Waals surface area contributed by atoms with E-state index in [4.69, 9.17) is 0 Å². The molecule has 0 saturated carbocycles.